The van der Waals surface area contributed by atoms with Crippen LogP contribution in [0.1, 0.15) is 28.6 Å². The summed E-state index contributed by atoms with van der Waals surface area (Å²) in [6.07, 6.45) is 2.48. The number of furan rings is 1. The van der Waals surface area contributed by atoms with Crippen molar-refractivity contribution in [3.63, 3.8) is 0 Å². The van der Waals surface area contributed by atoms with Crippen molar-refractivity contribution in [2.45, 2.75) is 25.9 Å². The zero-order valence-corrected chi connectivity index (χ0v) is 13.7. The molecule has 1 aromatic heterocycles. The predicted molar refractivity (Wildman–Crippen MR) is 88.8 cm³/mol. The summed E-state index contributed by atoms with van der Waals surface area (Å²) in [5.74, 6) is -0.686. The molecule has 1 aromatic carbocycles. The number of anilines is 1. The topological polar surface area (TPSA) is 71.8 Å². The van der Waals surface area contributed by atoms with Gasteiger partial charge in [0.1, 0.15) is 6.54 Å². The Hall–Kier alpha value is -2.76. The van der Waals surface area contributed by atoms with E-state index in [1.807, 2.05) is 12.1 Å². The molecule has 2 aromatic rings. The summed E-state index contributed by atoms with van der Waals surface area (Å²) in [5, 5.41) is 2.51. The zero-order chi connectivity index (χ0) is 17.1. The lowest BCUT2D eigenvalue weighted by molar-refractivity contribution is -0.139. The molecular formula is C18H20N2O4. The molecule has 1 amide bonds. The maximum absolute atomic E-state index is 12.2. The molecule has 0 radical (unpaired) electrons. The van der Waals surface area contributed by atoms with Gasteiger partial charge in [-0.05, 0) is 31.0 Å². The average Bonchev–Trinajstić information content (AvgIpc) is 3.17. The van der Waals surface area contributed by atoms with Gasteiger partial charge in [0.2, 0.25) is 0 Å². The van der Waals surface area contributed by atoms with Crippen molar-refractivity contribution in [2.75, 3.05) is 18.6 Å². The van der Waals surface area contributed by atoms with E-state index in [0.29, 0.717) is 12.6 Å². The quantitative estimate of drug-likeness (QED) is 0.852. The van der Waals surface area contributed by atoms with Crippen LogP contribution in [0.3, 0.4) is 0 Å². The normalized spacial score (nSPS) is 15.9. The SMILES string of the molecule is COC(=O)CNC(=O)c1occc1CN1c2ccccc2C[C@H]1C. The molecule has 0 unspecified atom stereocenters. The van der Waals surface area contributed by atoms with E-state index in [2.05, 4.69) is 34.0 Å². The molecule has 0 spiro atoms. The minimum Gasteiger partial charge on any atom is -0.468 e. The Morgan fingerprint density at radius 3 is 2.92 bits per heavy atom. The van der Waals surface area contributed by atoms with Crippen LogP contribution in [0.4, 0.5) is 5.69 Å². The van der Waals surface area contributed by atoms with E-state index in [4.69, 9.17) is 4.42 Å². The first-order valence-electron chi connectivity index (χ1n) is 7.86. The fourth-order valence-corrected chi connectivity index (χ4v) is 3.02. The average molecular weight is 328 g/mol. The molecule has 3 rings (SSSR count). The third-order valence-corrected chi connectivity index (χ3v) is 4.26. The number of benzene rings is 1. The molecule has 24 heavy (non-hydrogen) atoms. The minimum atomic E-state index is -0.501. The molecule has 126 valence electrons. The number of para-hydroxylation sites is 1. The van der Waals surface area contributed by atoms with Gasteiger partial charge in [0, 0.05) is 23.8 Å². The molecule has 0 saturated heterocycles. The number of rotatable bonds is 5. The fourth-order valence-electron chi connectivity index (χ4n) is 3.02. The van der Waals surface area contributed by atoms with Gasteiger partial charge >= 0.3 is 5.97 Å². The molecule has 0 aliphatic carbocycles. The number of fused-ring (bicyclic) bond motifs is 1. The van der Waals surface area contributed by atoms with Crippen LogP contribution in [0.15, 0.2) is 41.0 Å². The van der Waals surface area contributed by atoms with Crippen LogP contribution in [0.25, 0.3) is 0 Å². The van der Waals surface area contributed by atoms with Gasteiger partial charge in [-0.15, -0.1) is 0 Å². The van der Waals surface area contributed by atoms with Gasteiger partial charge in [0.15, 0.2) is 5.76 Å². The maximum atomic E-state index is 12.2. The Kier molecular flexibility index (Phi) is 4.55. The lowest BCUT2D eigenvalue weighted by Gasteiger charge is -2.24. The van der Waals surface area contributed by atoms with E-state index in [-0.39, 0.29) is 12.3 Å². The number of amides is 1. The zero-order valence-electron chi connectivity index (χ0n) is 13.7. The Morgan fingerprint density at radius 1 is 1.33 bits per heavy atom. The first-order chi connectivity index (χ1) is 11.6. The third-order valence-electron chi connectivity index (χ3n) is 4.26. The van der Waals surface area contributed by atoms with Crippen LogP contribution in [0.2, 0.25) is 0 Å². The highest BCUT2D eigenvalue weighted by Gasteiger charge is 2.27. The number of hydrogen-bond donors (Lipinski definition) is 1. The third kappa shape index (κ3) is 3.13. The Labute approximate surface area is 140 Å². The van der Waals surface area contributed by atoms with Crippen molar-refractivity contribution in [3.05, 3.63) is 53.5 Å². The predicted octanol–water partition coefficient (Wildman–Crippen LogP) is 2.13. The van der Waals surface area contributed by atoms with Crippen molar-refractivity contribution >= 4 is 17.6 Å². The first kappa shape index (κ1) is 16.1. The van der Waals surface area contributed by atoms with Crippen LogP contribution in [-0.2, 0) is 22.5 Å². The maximum Gasteiger partial charge on any atom is 0.325 e. The number of nitrogens with one attached hydrogen (secondary N) is 1. The Morgan fingerprint density at radius 2 is 2.12 bits per heavy atom. The van der Waals surface area contributed by atoms with Crippen LogP contribution >= 0.6 is 0 Å². The summed E-state index contributed by atoms with van der Waals surface area (Å²) in [7, 11) is 1.28. The Balaban J connectivity index is 1.74. The molecule has 0 bridgehead atoms. The molecule has 2 heterocycles. The molecule has 0 fully saturated rings. The molecule has 6 heteroatoms. The van der Waals surface area contributed by atoms with Gasteiger partial charge in [-0.3, -0.25) is 9.59 Å². The summed E-state index contributed by atoms with van der Waals surface area (Å²) in [4.78, 5) is 25.6. The second kappa shape index (κ2) is 6.78. The van der Waals surface area contributed by atoms with Crippen molar-refractivity contribution in [2.24, 2.45) is 0 Å². The second-order valence-electron chi connectivity index (χ2n) is 5.84. The fraction of sp³-hybridized carbons (Fsp3) is 0.333. The highest BCUT2D eigenvalue weighted by atomic mass is 16.5. The number of carbonyl (C=O) groups is 2. The van der Waals surface area contributed by atoms with E-state index < -0.39 is 11.9 Å². The number of hydrogen-bond acceptors (Lipinski definition) is 5. The van der Waals surface area contributed by atoms with Crippen molar-refractivity contribution in [1.82, 2.24) is 5.32 Å². The van der Waals surface area contributed by atoms with E-state index in [9.17, 15) is 9.59 Å². The molecular weight excluding hydrogens is 308 g/mol. The smallest absolute Gasteiger partial charge is 0.325 e. The van der Waals surface area contributed by atoms with E-state index in [1.54, 1.807) is 6.07 Å². The van der Waals surface area contributed by atoms with Crippen LogP contribution in [-0.4, -0.2) is 31.6 Å². The summed E-state index contributed by atoms with van der Waals surface area (Å²) < 4.78 is 9.85. The van der Waals surface area contributed by atoms with Crippen molar-refractivity contribution < 1.29 is 18.7 Å². The molecule has 1 aliphatic rings. The van der Waals surface area contributed by atoms with Gasteiger partial charge in [-0.2, -0.15) is 0 Å². The van der Waals surface area contributed by atoms with Crippen LogP contribution in [0.5, 0.6) is 0 Å². The molecule has 6 nitrogen and oxygen atoms in total. The summed E-state index contributed by atoms with van der Waals surface area (Å²) >= 11 is 0. The van der Waals surface area contributed by atoms with Gasteiger partial charge in [-0.1, -0.05) is 18.2 Å². The van der Waals surface area contributed by atoms with E-state index in [0.717, 1.165) is 12.0 Å². The molecule has 0 saturated carbocycles. The Bertz CT molecular complexity index is 753. The van der Waals surface area contributed by atoms with Crippen molar-refractivity contribution in [3.8, 4) is 0 Å². The monoisotopic (exact) mass is 328 g/mol. The first-order valence-corrected chi connectivity index (χ1v) is 7.86. The lowest BCUT2D eigenvalue weighted by Crippen LogP contribution is -2.32. The van der Waals surface area contributed by atoms with Gasteiger partial charge in [0.05, 0.1) is 13.4 Å². The summed E-state index contributed by atoms with van der Waals surface area (Å²) in [6, 6.07) is 10.4. The molecule has 1 N–H and O–H groups in total. The van der Waals surface area contributed by atoms with Crippen LogP contribution in [0, 0.1) is 0 Å². The number of nitrogens with zero attached hydrogens (tertiary/aromatic N) is 1. The summed E-state index contributed by atoms with van der Waals surface area (Å²) in [5.41, 5.74) is 3.29. The van der Waals surface area contributed by atoms with Gasteiger partial charge in [-0.25, -0.2) is 0 Å². The molecule has 1 aliphatic heterocycles. The van der Waals surface area contributed by atoms with Crippen molar-refractivity contribution in [1.29, 1.82) is 0 Å². The highest BCUT2D eigenvalue weighted by molar-refractivity contribution is 5.94. The van der Waals surface area contributed by atoms with Gasteiger partial charge in [0.25, 0.3) is 5.91 Å². The lowest BCUT2D eigenvalue weighted by atomic mass is 10.1. The number of ether oxygens (including phenoxy) is 1. The second-order valence-corrected chi connectivity index (χ2v) is 5.84. The standard InChI is InChI=1S/C18H20N2O4/c1-12-9-13-5-3-4-6-15(13)20(12)11-14-7-8-24-17(14)18(22)19-10-16(21)23-2/h3-8,12H,9-11H2,1-2H3,(H,19,22)/t12-/m1/s1. The van der Waals surface area contributed by atoms with E-state index in [1.165, 1.54) is 24.6 Å². The number of methoxy groups -OCH3 is 1. The largest absolute Gasteiger partial charge is 0.468 e. The highest BCUT2D eigenvalue weighted by Crippen LogP contribution is 2.33. The van der Waals surface area contributed by atoms with E-state index >= 15 is 0 Å². The number of carbonyl (C=O) groups excluding carboxylic acids is 2. The summed E-state index contributed by atoms with van der Waals surface area (Å²) in [6.45, 7) is 2.56. The minimum absolute atomic E-state index is 0.182. The van der Waals surface area contributed by atoms with Gasteiger partial charge < -0.3 is 19.4 Å². The molecule has 1 atom stereocenters. The number of esters is 1. The van der Waals surface area contributed by atoms with Crippen LogP contribution < -0.4 is 10.2 Å².